The Labute approximate surface area is 208 Å². The number of rotatable bonds is 11. The quantitative estimate of drug-likeness (QED) is 0.121. The molecule has 33 heavy (non-hydrogen) atoms. The standard InChI is InChI=1S/C26H54O4Si3/c1-24(2,3)31(10,11)28-21-17-19-23(30-33(14,15)26(7,8)9)22(18-16-20-27)29-32(12,13)25(4,5)6/h16-20,22-23H,21H2,1-15H3/b18-16+,19-17+/t22-,23-/m0/s1. The third-order valence-corrected chi connectivity index (χ3v) is 21.3. The van der Waals surface area contributed by atoms with E-state index in [1.54, 1.807) is 6.08 Å². The van der Waals surface area contributed by atoms with Crippen molar-refractivity contribution in [2.75, 3.05) is 6.61 Å². The van der Waals surface area contributed by atoms with Crippen LogP contribution in [0.1, 0.15) is 62.3 Å². The van der Waals surface area contributed by atoms with E-state index in [4.69, 9.17) is 13.3 Å². The molecule has 0 aromatic rings. The summed E-state index contributed by atoms with van der Waals surface area (Å²) in [4.78, 5) is 11.2. The zero-order chi connectivity index (χ0) is 26.5. The summed E-state index contributed by atoms with van der Waals surface area (Å²) in [5, 5.41) is 0.280. The van der Waals surface area contributed by atoms with Crippen LogP contribution in [0.4, 0.5) is 0 Å². The molecule has 0 heterocycles. The molecule has 0 spiro atoms. The zero-order valence-electron chi connectivity index (χ0n) is 24.4. The van der Waals surface area contributed by atoms with Gasteiger partial charge in [0.2, 0.25) is 0 Å². The number of carbonyl (C=O) groups excluding carboxylic acids is 1. The number of hydrogen-bond acceptors (Lipinski definition) is 4. The third-order valence-electron chi connectivity index (χ3n) is 7.85. The summed E-state index contributed by atoms with van der Waals surface area (Å²) in [6, 6.07) is 0. The van der Waals surface area contributed by atoms with Gasteiger partial charge in [0, 0.05) is 0 Å². The van der Waals surface area contributed by atoms with Crippen molar-refractivity contribution < 1.29 is 18.1 Å². The average molecular weight is 515 g/mol. The van der Waals surface area contributed by atoms with Crippen LogP contribution in [-0.2, 0) is 18.1 Å². The summed E-state index contributed by atoms with van der Waals surface area (Å²) in [5.41, 5.74) is 0. The molecule has 0 rings (SSSR count). The highest BCUT2D eigenvalue weighted by Crippen LogP contribution is 2.41. The van der Waals surface area contributed by atoms with Crippen LogP contribution in [0.15, 0.2) is 24.3 Å². The zero-order valence-corrected chi connectivity index (χ0v) is 27.4. The van der Waals surface area contributed by atoms with E-state index in [2.05, 4.69) is 114 Å². The molecule has 0 fully saturated rings. The van der Waals surface area contributed by atoms with E-state index in [-0.39, 0.29) is 27.3 Å². The molecule has 194 valence electrons. The molecule has 0 aromatic carbocycles. The molecule has 0 saturated heterocycles. The molecule has 0 amide bonds. The number of aldehydes is 1. The summed E-state index contributed by atoms with van der Waals surface area (Å²) in [6.07, 6.45) is 7.80. The van der Waals surface area contributed by atoms with Gasteiger partial charge in [0.25, 0.3) is 0 Å². The maximum atomic E-state index is 11.2. The lowest BCUT2D eigenvalue weighted by atomic mass is 10.2. The molecule has 0 radical (unpaired) electrons. The van der Waals surface area contributed by atoms with Crippen molar-refractivity contribution in [1.82, 2.24) is 0 Å². The van der Waals surface area contributed by atoms with E-state index in [9.17, 15) is 4.79 Å². The Hall–Kier alpha value is -0.319. The summed E-state index contributed by atoms with van der Waals surface area (Å²) in [5.74, 6) is 0. The Bertz CT molecular complexity index is 675. The molecule has 7 heteroatoms. The first-order valence-electron chi connectivity index (χ1n) is 12.3. The Morgan fingerprint density at radius 1 is 0.636 bits per heavy atom. The van der Waals surface area contributed by atoms with Gasteiger partial charge in [0.1, 0.15) is 6.29 Å². The first kappa shape index (κ1) is 32.7. The van der Waals surface area contributed by atoms with E-state index in [1.807, 2.05) is 6.08 Å². The SMILES string of the molecule is CC(C)(C)[Si](C)(C)OC/C=C/[C@H](O[Si](C)(C)C(C)(C)C)[C@H](/C=C/C=O)O[Si](C)(C)C(C)(C)C. The molecule has 0 aliphatic rings. The lowest BCUT2D eigenvalue weighted by Gasteiger charge is -2.43. The molecule has 0 N–H and O–H groups in total. The van der Waals surface area contributed by atoms with Crippen LogP contribution in [0.3, 0.4) is 0 Å². The normalized spacial score (nSPS) is 17.1. The van der Waals surface area contributed by atoms with E-state index in [0.29, 0.717) is 6.61 Å². The van der Waals surface area contributed by atoms with Crippen molar-refractivity contribution >= 4 is 31.2 Å². The van der Waals surface area contributed by atoms with Crippen molar-refractivity contribution in [2.24, 2.45) is 0 Å². The molecule has 0 unspecified atom stereocenters. The fourth-order valence-electron chi connectivity index (χ4n) is 2.28. The van der Waals surface area contributed by atoms with Crippen LogP contribution >= 0.6 is 0 Å². The topological polar surface area (TPSA) is 44.8 Å². The van der Waals surface area contributed by atoms with Crippen LogP contribution in [0.25, 0.3) is 0 Å². The molecule has 4 nitrogen and oxygen atoms in total. The monoisotopic (exact) mass is 514 g/mol. The van der Waals surface area contributed by atoms with Gasteiger partial charge < -0.3 is 13.3 Å². The van der Waals surface area contributed by atoms with Gasteiger partial charge in [-0.1, -0.05) is 80.5 Å². The fourth-order valence-corrected chi connectivity index (χ4v) is 5.72. The van der Waals surface area contributed by atoms with Crippen LogP contribution < -0.4 is 0 Å². The molecule has 0 bridgehead atoms. The Kier molecular flexibility index (Phi) is 11.5. The van der Waals surface area contributed by atoms with E-state index >= 15 is 0 Å². The molecule has 2 atom stereocenters. The molecule has 0 aliphatic carbocycles. The maximum Gasteiger partial charge on any atom is 0.193 e. The van der Waals surface area contributed by atoms with Gasteiger partial charge in [-0.15, -0.1) is 0 Å². The molecule has 0 aliphatic heterocycles. The van der Waals surface area contributed by atoms with Crippen molar-refractivity contribution in [2.45, 2.75) is 129 Å². The summed E-state index contributed by atoms with van der Waals surface area (Å²) in [7, 11) is -6.02. The molecular formula is C26H54O4Si3. The summed E-state index contributed by atoms with van der Waals surface area (Å²) < 4.78 is 20.0. The van der Waals surface area contributed by atoms with Crippen LogP contribution in [0.2, 0.25) is 54.4 Å². The van der Waals surface area contributed by atoms with Gasteiger partial charge >= 0.3 is 0 Å². The Balaban J connectivity index is 6.07. The van der Waals surface area contributed by atoms with Crippen LogP contribution in [0.5, 0.6) is 0 Å². The van der Waals surface area contributed by atoms with Gasteiger partial charge in [-0.05, 0) is 60.5 Å². The lowest BCUT2D eigenvalue weighted by Crippen LogP contribution is -2.51. The van der Waals surface area contributed by atoms with Crippen molar-refractivity contribution in [3.8, 4) is 0 Å². The fraction of sp³-hybridized carbons (Fsp3) is 0.808. The first-order chi connectivity index (χ1) is 14.5. The van der Waals surface area contributed by atoms with Crippen molar-refractivity contribution in [1.29, 1.82) is 0 Å². The highest BCUT2D eigenvalue weighted by atomic mass is 28.4. The Morgan fingerprint density at radius 3 is 1.33 bits per heavy atom. The smallest absolute Gasteiger partial charge is 0.193 e. The van der Waals surface area contributed by atoms with Crippen molar-refractivity contribution in [3.05, 3.63) is 24.3 Å². The molecule has 0 saturated carbocycles. The summed E-state index contributed by atoms with van der Waals surface area (Å²) in [6.45, 7) is 34.2. The molecular weight excluding hydrogens is 461 g/mol. The van der Waals surface area contributed by atoms with E-state index in [0.717, 1.165) is 6.29 Å². The second kappa shape index (κ2) is 11.6. The van der Waals surface area contributed by atoms with Gasteiger partial charge in [-0.3, -0.25) is 4.79 Å². The molecule has 0 aromatic heterocycles. The average Bonchev–Trinajstić information content (AvgIpc) is 2.58. The van der Waals surface area contributed by atoms with Gasteiger partial charge in [0.05, 0.1) is 18.8 Å². The second-order valence-electron chi connectivity index (χ2n) is 13.7. The predicted molar refractivity (Wildman–Crippen MR) is 152 cm³/mol. The third kappa shape index (κ3) is 10.1. The lowest BCUT2D eigenvalue weighted by molar-refractivity contribution is -0.104. The second-order valence-corrected chi connectivity index (χ2v) is 28.0. The minimum absolute atomic E-state index is 0.0525. The number of hydrogen-bond donors (Lipinski definition) is 0. The first-order valence-corrected chi connectivity index (χ1v) is 21.0. The van der Waals surface area contributed by atoms with Gasteiger partial charge in [0.15, 0.2) is 25.0 Å². The van der Waals surface area contributed by atoms with E-state index in [1.165, 1.54) is 0 Å². The van der Waals surface area contributed by atoms with Crippen molar-refractivity contribution in [3.63, 3.8) is 0 Å². The summed E-state index contributed by atoms with van der Waals surface area (Å²) >= 11 is 0. The minimum Gasteiger partial charge on any atom is -0.413 e. The number of carbonyl (C=O) groups is 1. The van der Waals surface area contributed by atoms with E-state index < -0.39 is 25.0 Å². The minimum atomic E-state index is -2.09. The number of allylic oxidation sites excluding steroid dienone is 1. The van der Waals surface area contributed by atoms with Gasteiger partial charge in [-0.25, -0.2) is 0 Å². The largest absolute Gasteiger partial charge is 0.413 e. The Morgan fingerprint density at radius 2 is 1.00 bits per heavy atom. The van der Waals surface area contributed by atoms with Crippen LogP contribution in [0, 0.1) is 0 Å². The van der Waals surface area contributed by atoms with Crippen LogP contribution in [-0.4, -0.2) is 50.1 Å². The van der Waals surface area contributed by atoms with Gasteiger partial charge in [-0.2, -0.15) is 0 Å². The highest BCUT2D eigenvalue weighted by Gasteiger charge is 2.43. The predicted octanol–water partition coefficient (Wildman–Crippen LogP) is 8.10. The maximum absolute atomic E-state index is 11.2. The highest BCUT2D eigenvalue weighted by molar-refractivity contribution is 6.75.